The lowest BCUT2D eigenvalue weighted by Gasteiger charge is -2.22. The van der Waals surface area contributed by atoms with Crippen LogP contribution in [0.2, 0.25) is 0 Å². The van der Waals surface area contributed by atoms with E-state index in [-0.39, 0.29) is 11.9 Å². The predicted molar refractivity (Wildman–Crippen MR) is 69.1 cm³/mol. The van der Waals surface area contributed by atoms with Gasteiger partial charge < -0.3 is 11.1 Å². The summed E-state index contributed by atoms with van der Waals surface area (Å²) in [6.45, 7) is 2.42. The van der Waals surface area contributed by atoms with Gasteiger partial charge in [0.15, 0.2) is 0 Å². The van der Waals surface area contributed by atoms with Gasteiger partial charge in [0, 0.05) is 18.0 Å². The van der Waals surface area contributed by atoms with Crippen molar-refractivity contribution in [2.75, 3.05) is 6.54 Å². The third-order valence-electron chi connectivity index (χ3n) is 3.39. The largest absolute Gasteiger partial charge is 0.346 e. The first-order chi connectivity index (χ1) is 8.20. The van der Waals surface area contributed by atoms with Gasteiger partial charge in [-0.2, -0.15) is 0 Å². The molecule has 1 aromatic heterocycles. The van der Waals surface area contributed by atoms with Crippen molar-refractivity contribution >= 4 is 17.2 Å². The molecular formula is C12H19N3OS. The van der Waals surface area contributed by atoms with E-state index in [2.05, 4.69) is 10.3 Å². The van der Waals surface area contributed by atoms with Crippen LogP contribution in [0.15, 0.2) is 5.38 Å². The van der Waals surface area contributed by atoms with Crippen molar-refractivity contribution in [3.8, 4) is 0 Å². The topological polar surface area (TPSA) is 68.0 Å². The van der Waals surface area contributed by atoms with Crippen molar-refractivity contribution in [1.29, 1.82) is 0 Å². The summed E-state index contributed by atoms with van der Waals surface area (Å²) in [5.74, 6) is 0.459. The van der Waals surface area contributed by atoms with Crippen LogP contribution in [-0.4, -0.2) is 23.5 Å². The highest BCUT2D eigenvalue weighted by Crippen LogP contribution is 2.27. The summed E-state index contributed by atoms with van der Waals surface area (Å²) in [5.41, 5.74) is 6.27. The molecule has 1 saturated carbocycles. The minimum absolute atomic E-state index is 0.0864. The van der Waals surface area contributed by atoms with Gasteiger partial charge in [0.1, 0.15) is 5.69 Å². The fraction of sp³-hybridized carbons (Fsp3) is 0.667. The molecule has 1 heterocycles. The molecule has 2 rings (SSSR count). The van der Waals surface area contributed by atoms with Crippen molar-refractivity contribution in [3.05, 3.63) is 16.1 Å². The zero-order valence-electron chi connectivity index (χ0n) is 10.1. The van der Waals surface area contributed by atoms with Gasteiger partial charge in [-0.1, -0.05) is 12.8 Å². The number of rotatable bonds is 4. The van der Waals surface area contributed by atoms with Crippen molar-refractivity contribution in [3.63, 3.8) is 0 Å². The number of carbonyl (C=O) groups is 1. The second kappa shape index (κ2) is 5.60. The molecule has 0 saturated heterocycles. The van der Waals surface area contributed by atoms with Crippen LogP contribution in [0.1, 0.15) is 41.2 Å². The quantitative estimate of drug-likeness (QED) is 0.858. The standard InChI is InChI=1S/C12H19N3OS/c1-8-14-11(7-17-8)12(16)15-10(6-13)9-4-2-3-5-9/h7,9-10H,2-6,13H2,1H3,(H,15,16). The second-order valence-corrected chi connectivity index (χ2v) is 5.67. The summed E-state index contributed by atoms with van der Waals surface area (Å²) in [5, 5.41) is 5.73. The Labute approximate surface area is 106 Å². The van der Waals surface area contributed by atoms with Crippen LogP contribution in [-0.2, 0) is 0 Å². The lowest BCUT2D eigenvalue weighted by Crippen LogP contribution is -2.44. The Balaban J connectivity index is 1.96. The summed E-state index contributed by atoms with van der Waals surface area (Å²) in [4.78, 5) is 16.2. The van der Waals surface area contributed by atoms with E-state index in [0.717, 1.165) is 5.01 Å². The summed E-state index contributed by atoms with van der Waals surface area (Å²) in [7, 11) is 0. The first kappa shape index (κ1) is 12.5. The number of aryl methyl sites for hydroxylation is 1. The molecule has 17 heavy (non-hydrogen) atoms. The Morgan fingerprint density at radius 3 is 2.88 bits per heavy atom. The molecule has 0 aromatic carbocycles. The van der Waals surface area contributed by atoms with Crippen LogP contribution in [0.25, 0.3) is 0 Å². The maximum atomic E-state index is 12.0. The number of nitrogens with two attached hydrogens (primary N) is 1. The van der Waals surface area contributed by atoms with Crippen LogP contribution < -0.4 is 11.1 Å². The van der Waals surface area contributed by atoms with E-state index in [1.165, 1.54) is 37.0 Å². The van der Waals surface area contributed by atoms with E-state index >= 15 is 0 Å². The van der Waals surface area contributed by atoms with Crippen LogP contribution in [0.3, 0.4) is 0 Å². The average molecular weight is 253 g/mol. The molecule has 1 aromatic rings. The number of hydrogen-bond donors (Lipinski definition) is 2. The molecule has 0 spiro atoms. The molecule has 0 radical (unpaired) electrons. The van der Waals surface area contributed by atoms with Gasteiger partial charge in [-0.05, 0) is 25.7 Å². The monoisotopic (exact) mass is 253 g/mol. The van der Waals surface area contributed by atoms with E-state index in [1.807, 2.05) is 6.92 Å². The highest BCUT2D eigenvalue weighted by molar-refractivity contribution is 7.09. The zero-order chi connectivity index (χ0) is 12.3. The fourth-order valence-corrected chi connectivity index (χ4v) is 3.03. The van der Waals surface area contributed by atoms with Crippen molar-refractivity contribution < 1.29 is 4.79 Å². The number of aromatic nitrogens is 1. The zero-order valence-corrected chi connectivity index (χ0v) is 10.9. The molecule has 4 nitrogen and oxygen atoms in total. The van der Waals surface area contributed by atoms with Gasteiger partial charge in [-0.25, -0.2) is 4.98 Å². The maximum absolute atomic E-state index is 12.0. The Kier molecular flexibility index (Phi) is 4.12. The molecule has 1 atom stereocenters. The van der Waals surface area contributed by atoms with Crippen LogP contribution >= 0.6 is 11.3 Å². The average Bonchev–Trinajstić information content (AvgIpc) is 2.96. The number of nitrogens with one attached hydrogen (secondary N) is 1. The minimum atomic E-state index is -0.0864. The Bertz CT molecular complexity index is 385. The molecule has 5 heteroatoms. The smallest absolute Gasteiger partial charge is 0.271 e. The highest BCUT2D eigenvalue weighted by Gasteiger charge is 2.26. The Morgan fingerprint density at radius 1 is 1.65 bits per heavy atom. The third-order valence-corrected chi connectivity index (χ3v) is 4.16. The van der Waals surface area contributed by atoms with Gasteiger partial charge in [0.25, 0.3) is 5.91 Å². The molecule has 1 amide bonds. The molecule has 3 N–H and O–H groups in total. The van der Waals surface area contributed by atoms with E-state index in [1.54, 1.807) is 5.38 Å². The van der Waals surface area contributed by atoms with Gasteiger partial charge in [-0.15, -0.1) is 11.3 Å². The molecular weight excluding hydrogens is 234 g/mol. The lowest BCUT2D eigenvalue weighted by atomic mass is 9.98. The molecule has 94 valence electrons. The predicted octanol–water partition coefficient (Wildman–Crippen LogP) is 1.70. The maximum Gasteiger partial charge on any atom is 0.271 e. The van der Waals surface area contributed by atoms with E-state index in [0.29, 0.717) is 18.2 Å². The van der Waals surface area contributed by atoms with Crippen LogP contribution in [0.5, 0.6) is 0 Å². The number of carbonyl (C=O) groups excluding carboxylic acids is 1. The molecule has 0 aliphatic heterocycles. The van der Waals surface area contributed by atoms with Gasteiger partial charge in [0.2, 0.25) is 0 Å². The van der Waals surface area contributed by atoms with Crippen LogP contribution in [0.4, 0.5) is 0 Å². The van der Waals surface area contributed by atoms with E-state index < -0.39 is 0 Å². The number of thiazole rings is 1. The SMILES string of the molecule is Cc1nc(C(=O)NC(CN)C2CCCC2)cs1. The first-order valence-corrected chi connectivity index (χ1v) is 7.01. The molecule has 1 unspecified atom stereocenters. The third kappa shape index (κ3) is 3.04. The van der Waals surface area contributed by atoms with Crippen molar-refractivity contribution in [2.24, 2.45) is 11.7 Å². The van der Waals surface area contributed by atoms with Crippen molar-refractivity contribution in [1.82, 2.24) is 10.3 Å². The molecule has 1 aliphatic rings. The van der Waals surface area contributed by atoms with Crippen LogP contribution in [0, 0.1) is 12.8 Å². The normalized spacial score (nSPS) is 18.2. The molecule has 1 aliphatic carbocycles. The summed E-state index contributed by atoms with van der Waals surface area (Å²) >= 11 is 1.50. The summed E-state index contributed by atoms with van der Waals surface area (Å²) in [6, 6.07) is 0.104. The van der Waals surface area contributed by atoms with Crippen molar-refractivity contribution in [2.45, 2.75) is 38.6 Å². The minimum Gasteiger partial charge on any atom is -0.346 e. The molecule has 0 bridgehead atoms. The first-order valence-electron chi connectivity index (χ1n) is 6.13. The van der Waals surface area contributed by atoms with E-state index in [4.69, 9.17) is 5.73 Å². The number of amides is 1. The van der Waals surface area contributed by atoms with Gasteiger partial charge >= 0.3 is 0 Å². The molecule has 1 fully saturated rings. The van der Waals surface area contributed by atoms with Gasteiger partial charge in [-0.3, -0.25) is 4.79 Å². The lowest BCUT2D eigenvalue weighted by molar-refractivity contribution is 0.0919. The van der Waals surface area contributed by atoms with E-state index in [9.17, 15) is 4.79 Å². The Morgan fingerprint density at radius 2 is 2.35 bits per heavy atom. The fourth-order valence-electron chi connectivity index (χ4n) is 2.44. The summed E-state index contributed by atoms with van der Waals surface area (Å²) < 4.78 is 0. The number of hydrogen-bond acceptors (Lipinski definition) is 4. The number of nitrogens with zero attached hydrogens (tertiary/aromatic N) is 1. The second-order valence-electron chi connectivity index (χ2n) is 4.61. The summed E-state index contributed by atoms with van der Waals surface area (Å²) in [6.07, 6.45) is 4.87. The highest BCUT2D eigenvalue weighted by atomic mass is 32.1. The Hall–Kier alpha value is -0.940. The van der Waals surface area contributed by atoms with Gasteiger partial charge in [0.05, 0.1) is 5.01 Å².